The van der Waals surface area contributed by atoms with Gasteiger partial charge in [0.15, 0.2) is 0 Å². The standard InChI is InChI=1S/C21H19NO/c1-17(18-11-5-2-6-12-18)22(20-15-9-4-10-16-20)21(23)19-13-7-3-8-14-19/h2-17H,1H3/t17-/m0/s1. The highest BCUT2D eigenvalue weighted by atomic mass is 16.2. The van der Waals surface area contributed by atoms with Crippen molar-refractivity contribution in [3.63, 3.8) is 0 Å². The summed E-state index contributed by atoms with van der Waals surface area (Å²) in [5, 5.41) is 0. The fourth-order valence-corrected chi connectivity index (χ4v) is 2.71. The van der Waals surface area contributed by atoms with Crippen LogP contribution in [0, 0.1) is 0 Å². The predicted octanol–water partition coefficient (Wildman–Crippen LogP) is 5.09. The maximum absolute atomic E-state index is 13.1. The van der Waals surface area contributed by atoms with Gasteiger partial charge in [0.25, 0.3) is 5.91 Å². The Morgan fingerprint density at radius 2 is 1.22 bits per heavy atom. The van der Waals surface area contributed by atoms with E-state index in [0.717, 1.165) is 11.3 Å². The number of anilines is 1. The van der Waals surface area contributed by atoms with Crippen molar-refractivity contribution < 1.29 is 4.79 Å². The third kappa shape index (κ3) is 3.32. The monoisotopic (exact) mass is 301 g/mol. The van der Waals surface area contributed by atoms with Crippen molar-refractivity contribution >= 4 is 11.6 Å². The molecule has 0 saturated carbocycles. The quantitative estimate of drug-likeness (QED) is 0.657. The van der Waals surface area contributed by atoms with Crippen LogP contribution in [0.1, 0.15) is 28.9 Å². The van der Waals surface area contributed by atoms with Gasteiger partial charge < -0.3 is 4.90 Å². The minimum Gasteiger partial charge on any atom is -0.301 e. The zero-order valence-corrected chi connectivity index (χ0v) is 13.1. The van der Waals surface area contributed by atoms with Gasteiger partial charge in [-0.2, -0.15) is 0 Å². The third-order valence-corrected chi connectivity index (χ3v) is 3.94. The van der Waals surface area contributed by atoms with E-state index in [4.69, 9.17) is 0 Å². The van der Waals surface area contributed by atoms with Gasteiger partial charge in [-0.25, -0.2) is 0 Å². The summed E-state index contributed by atoms with van der Waals surface area (Å²) >= 11 is 0. The van der Waals surface area contributed by atoms with Crippen LogP contribution in [0.25, 0.3) is 0 Å². The number of hydrogen-bond acceptors (Lipinski definition) is 1. The van der Waals surface area contributed by atoms with E-state index in [2.05, 4.69) is 19.1 Å². The Kier molecular flexibility index (Phi) is 4.53. The molecule has 0 aliphatic heterocycles. The number of rotatable bonds is 4. The van der Waals surface area contributed by atoms with Crippen LogP contribution in [0.5, 0.6) is 0 Å². The van der Waals surface area contributed by atoms with Crippen LogP contribution >= 0.6 is 0 Å². The van der Waals surface area contributed by atoms with Crippen molar-refractivity contribution in [1.82, 2.24) is 0 Å². The Morgan fingerprint density at radius 1 is 0.739 bits per heavy atom. The van der Waals surface area contributed by atoms with Crippen LogP contribution in [0.3, 0.4) is 0 Å². The van der Waals surface area contributed by atoms with Crippen LogP contribution in [0.4, 0.5) is 5.69 Å². The molecule has 3 aromatic carbocycles. The van der Waals surface area contributed by atoms with Crippen molar-refractivity contribution in [1.29, 1.82) is 0 Å². The molecule has 0 aliphatic rings. The Bertz CT molecular complexity index is 754. The van der Waals surface area contributed by atoms with Crippen molar-refractivity contribution in [3.8, 4) is 0 Å². The Labute approximate surface area is 137 Å². The van der Waals surface area contributed by atoms with Crippen molar-refractivity contribution in [2.75, 3.05) is 4.90 Å². The summed E-state index contributed by atoms with van der Waals surface area (Å²) in [6.45, 7) is 2.06. The Hall–Kier alpha value is -2.87. The summed E-state index contributed by atoms with van der Waals surface area (Å²) < 4.78 is 0. The molecule has 0 bridgehead atoms. The van der Waals surface area contributed by atoms with Crippen molar-refractivity contribution in [2.45, 2.75) is 13.0 Å². The molecule has 3 rings (SSSR count). The smallest absolute Gasteiger partial charge is 0.258 e. The molecule has 0 unspecified atom stereocenters. The second kappa shape index (κ2) is 6.93. The summed E-state index contributed by atoms with van der Waals surface area (Å²) in [5.74, 6) is 0.00755. The summed E-state index contributed by atoms with van der Waals surface area (Å²) in [6, 6.07) is 29.3. The number of amides is 1. The molecular weight excluding hydrogens is 282 g/mol. The van der Waals surface area contributed by atoms with Crippen LogP contribution in [-0.4, -0.2) is 5.91 Å². The molecule has 0 aliphatic carbocycles. The molecule has 0 saturated heterocycles. The zero-order chi connectivity index (χ0) is 16.1. The molecule has 1 atom stereocenters. The van der Waals surface area contributed by atoms with Crippen molar-refractivity contribution in [2.24, 2.45) is 0 Å². The fourth-order valence-electron chi connectivity index (χ4n) is 2.71. The van der Waals surface area contributed by atoms with Gasteiger partial charge in [0.1, 0.15) is 0 Å². The maximum Gasteiger partial charge on any atom is 0.258 e. The lowest BCUT2D eigenvalue weighted by Crippen LogP contribution is -2.33. The van der Waals surface area contributed by atoms with Gasteiger partial charge in [0, 0.05) is 11.3 Å². The molecule has 0 heterocycles. The molecule has 0 N–H and O–H groups in total. The number of carbonyl (C=O) groups excluding carboxylic acids is 1. The van der Waals surface area contributed by atoms with E-state index in [1.54, 1.807) is 0 Å². The lowest BCUT2D eigenvalue weighted by Gasteiger charge is -2.30. The molecule has 0 fully saturated rings. The van der Waals surface area contributed by atoms with E-state index in [9.17, 15) is 4.79 Å². The Morgan fingerprint density at radius 3 is 1.78 bits per heavy atom. The molecule has 2 heteroatoms. The molecule has 0 spiro atoms. The van der Waals surface area contributed by atoms with Gasteiger partial charge in [-0.05, 0) is 36.8 Å². The topological polar surface area (TPSA) is 20.3 Å². The van der Waals surface area contributed by atoms with Gasteiger partial charge in [-0.1, -0.05) is 66.7 Å². The molecule has 3 aromatic rings. The average molecular weight is 301 g/mol. The van der Waals surface area contributed by atoms with Gasteiger partial charge in [0.2, 0.25) is 0 Å². The van der Waals surface area contributed by atoms with Crippen LogP contribution in [0.15, 0.2) is 91.0 Å². The van der Waals surface area contributed by atoms with E-state index < -0.39 is 0 Å². The summed E-state index contributed by atoms with van der Waals surface area (Å²) in [5.41, 5.74) is 2.71. The lowest BCUT2D eigenvalue weighted by molar-refractivity contribution is 0.0978. The molecule has 23 heavy (non-hydrogen) atoms. The van der Waals surface area contributed by atoms with E-state index in [0.29, 0.717) is 5.56 Å². The maximum atomic E-state index is 13.1. The fraction of sp³-hybridized carbons (Fsp3) is 0.0952. The number of benzene rings is 3. The highest BCUT2D eigenvalue weighted by molar-refractivity contribution is 6.06. The minimum absolute atomic E-state index is 0.00755. The van der Waals surface area contributed by atoms with E-state index >= 15 is 0 Å². The van der Waals surface area contributed by atoms with Crippen LogP contribution < -0.4 is 4.90 Å². The molecule has 2 nitrogen and oxygen atoms in total. The normalized spacial score (nSPS) is 11.7. The van der Waals surface area contributed by atoms with Gasteiger partial charge >= 0.3 is 0 Å². The summed E-state index contributed by atoms with van der Waals surface area (Å²) in [7, 11) is 0. The summed E-state index contributed by atoms with van der Waals surface area (Å²) in [4.78, 5) is 14.9. The highest BCUT2D eigenvalue weighted by Crippen LogP contribution is 2.28. The zero-order valence-electron chi connectivity index (χ0n) is 13.1. The SMILES string of the molecule is C[C@@H](c1ccccc1)N(C(=O)c1ccccc1)c1ccccc1. The lowest BCUT2D eigenvalue weighted by atomic mass is 10.0. The van der Waals surface area contributed by atoms with Gasteiger partial charge in [-0.3, -0.25) is 4.79 Å². The molecule has 1 amide bonds. The minimum atomic E-state index is -0.0497. The van der Waals surface area contributed by atoms with Crippen LogP contribution in [0.2, 0.25) is 0 Å². The van der Waals surface area contributed by atoms with E-state index in [1.807, 2.05) is 83.8 Å². The first-order valence-corrected chi connectivity index (χ1v) is 7.76. The second-order valence-electron chi connectivity index (χ2n) is 5.46. The number of nitrogens with zero attached hydrogens (tertiary/aromatic N) is 1. The highest BCUT2D eigenvalue weighted by Gasteiger charge is 2.24. The van der Waals surface area contributed by atoms with Crippen LogP contribution in [-0.2, 0) is 0 Å². The molecule has 0 radical (unpaired) electrons. The van der Waals surface area contributed by atoms with E-state index in [-0.39, 0.29) is 11.9 Å². The first-order valence-electron chi connectivity index (χ1n) is 7.76. The average Bonchev–Trinajstić information content (AvgIpc) is 2.64. The first-order chi connectivity index (χ1) is 11.3. The molecule has 114 valence electrons. The number of para-hydroxylation sites is 1. The predicted molar refractivity (Wildman–Crippen MR) is 94.6 cm³/mol. The third-order valence-electron chi connectivity index (χ3n) is 3.94. The van der Waals surface area contributed by atoms with Gasteiger partial charge in [-0.15, -0.1) is 0 Å². The largest absolute Gasteiger partial charge is 0.301 e. The van der Waals surface area contributed by atoms with Crippen molar-refractivity contribution in [3.05, 3.63) is 102 Å². The Balaban J connectivity index is 2.03. The number of carbonyl (C=O) groups is 1. The number of hydrogen-bond donors (Lipinski definition) is 0. The molecular formula is C21H19NO. The molecule has 0 aromatic heterocycles. The first kappa shape index (κ1) is 15.0. The van der Waals surface area contributed by atoms with Gasteiger partial charge in [0.05, 0.1) is 6.04 Å². The van der Waals surface area contributed by atoms with E-state index in [1.165, 1.54) is 0 Å². The second-order valence-corrected chi connectivity index (χ2v) is 5.46. The summed E-state index contributed by atoms with van der Waals surface area (Å²) in [6.07, 6.45) is 0.